The molecule has 0 aliphatic carbocycles. The monoisotopic (exact) mass is 264 g/mol. The van der Waals surface area contributed by atoms with E-state index in [1.807, 2.05) is 13.8 Å². The summed E-state index contributed by atoms with van der Waals surface area (Å²) < 4.78 is 12.7. The molecule has 0 aliphatic heterocycles. The van der Waals surface area contributed by atoms with Crippen molar-refractivity contribution in [2.75, 3.05) is 0 Å². The molecular weight excluding hydrogens is 251 g/mol. The van der Waals surface area contributed by atoms with Gasteiger partial charge in [0.25, 0.3) is 0 Å². The Bertz CT molecular complexity index is 549. The first kappa shape index (κ1) is 12.7. The topological polar surface area (TPSA) is 34.5 Å². The molecule has 0 atom stereocenters. The third kappa shape index (κ3) is 3.37. The molecule has 0 unspecified atom stereocenters. The van der Waals surface area contributed by atoms with Crippen LogP contribution in [-0.4, -0.2) is 11.2 Å². The van der Waals surface area contributed by atoms with Crippen LogP contribution in [0.25, 0.3) is 0 Å². The van der Waals surface area contributed by atoms with E-state index >= 15 is 0 Å². The Morgan fingerprint density at radius 1 is 1.33 bits per heavy atom. The van der Waals surface area contributed by atoms with Crippen LogP contribution in [0.3, 0.4) is 0 Å². The summed E-state index contributed by atoms with van der Waals surface area (Å²) in [5.74, 6) is -0.252. The van der Waals surface area contributed by atoms with Gasteiger partial charge in [-0.3, -0.25) is 0 Å². The van der Waals surface area contributed by atoms with Gasteiger partial charge in [0.2, 0.25) is 0 Å². The van der Waals surface area contributed by atoms with Crippen LogP contribution in [0, 0.1) is 19.7 Å². The minimum atomic E-state index is -0.252. The van der Waals surface area contributed by atoms with E-state index in [0.29, 0.717) is 6.61 Å². The summed E-state index contributed by atoms with van der Waals surface area (Å²) in [6.45, 7) is 4.22. The highest BCUT2D eigenvalue weighted by atomic mass is 32.1. The number of aromatic nitrogens is 1. The molecular formula is C13H13FN2OS. The summed E-state index contributed by atoms with van der Waals surface area (Å²) >= 11 is 1.57. The van der Waals surface area contributed by atoms with Crippen LogP contribution in [-0.2, 0) is 11.4 Å². The highest BCUT2D eigenvalue weighted by Gasteiger charge is 2.01. The Hall–Kier alpha value is -1.75. The summed E-state index contributed by atoms with van der Waals surface area (Å²) in [6, 6.07) is 6.15. The zero-order valence-electron chi connectivity index (χ0n) is 10.2. The maximum absolute atomic E-state index is 12.7. The molecule has 2 rings (SSSR count). The SMILES string of the molecule is Cc1nc(C)c(/C=N/OCc2ccc(F)cc2)s1. The van der Waals surface area contributed by atoms with Gasteiger partial charge in [-0.2, -0.15) is 0 Å². The van der Waals surface area contributed by atoms with Crippen LogP contribution >= 0.6 is 11.3 Å². The molecule has 0 saturated carbocycles. The molecule has 18 heavy (non-hydrogen) atoms. The van der Waals surface area contributed by atoms with Crippen LogP contribution in [0.5, 0.6) is 0 Å². The maximum Gasteiger partial charge on any atom is 0.142 e. The van der Waals surface area contributed by atoms with Gasteiger partial charge in [-0.25, -0.2) is 9.37 Å². The van der Waals surface area contributed by atoms with Crippen molar-refractivity contribution in [1.29, 1.82) is 0 Å². The number of aryl methyl sites for hydroxylation is 2. The molecule has 1 aromatic heterocycles. The van der Waals surface area contributed by atoms with Crippen LogP contribution in [0.15, 0.2) is 29.4 Å². The van der Waals surface area contributed by atoms with Crippen molar-refractivity contribution in [3.05, 3.63) is 51.2 Å². The Morgan fingerprint density at radius 3 is 2.67 bits per heavy atom. The summed E-state index contributed by atoms with van der Waals surface area (Å²) in [7, 11) is 0. The van der Waals surface area contributed by atoms with E-state index < -0.39 is 0 Å². The summed E-state index contributed by atoms with van der Waals surface area (Å²) in [5.41, 5.74) is 1.83. The minimum absolute atomic E-state index is 0.252. The molecule has 0 aliphatic rings. The Kier molecular flexibility index (Phi) is 4.04. The molecule has 1 heterocycles. The molecule has 2 aromatic rings. The Morgan fingerprint density at radius 2 is 2.06 bits per heavy atom. The number of oxime groups is 1. The van der Waals surface area contributed by atoms with Gasteiger partial charge in [0.05, 0.1) is 21.8 Å². The van der Waals surface area contributed by atoms with Crippen molar-refractivity contribution < 1.29 is 9.23 Å². The second-order valence-corrected chi connectivity index (χ2v) is 5.05. The van der Waals surface area contributed by atoms with Crippen molar-refractivity contribution >= 4 is 17.6 Å². The second-order valence-electron chi connectivity index (χ2n) is 3.82. The van der Waals surface area contributed by atoms with Crippen molar-refractivity contribution in [2.24, 2.45) is 5.16 Å². The van der Waals surface area contributed by atoms with Gasteiger partial charge in [-0.15, -0.1) is 11.3 Å². The van der Waals surface area contributed by atoms with E-state index in [1.165, 1.54) is 12.1 Å². The number of rotatable bonds is 4. The first-order valence-electron chi connectivity index (χ1n) is 5.49. The number of halogens is 1. The van der Waals surface area contributed by atoms with E-state index in [1.54, 1.807) is 29.7 Å². The molecule has 5 heteroatoms. The Labute approximate surface area is 109 Å². The molecule has 0 saturated heterocycles. The van der Waals surface area contributed by atoms with Gasteiger partial charge >= 0.3 is 0 Å². The van der Waals surface area contributed by atoms with Crippen molar-refractivity contribution in [3.63, 3.8) is 0 Å². The summed E-state index contributed by atoms with van der Waals surface area (Å²) in [6.07, 6.45) is 1.66. The lowest BCUT2D eigenvalue weighted by molar-refractivity contribution is 0.132. The standard InChI is InChI=1S/C13H13FN2OS/c1-9-13(18-10(2)16-9)7-15-17-8-11-3-5-12(14)6-4-11/h3-7H,8H2,1-2H3/b15-7+. The van der Waals surface area contributed by atoms with E-state index in [9.17, 15) is 4.39 Å². The van der Waals surface area contributed by atoms with Crippen molar-refractivity contribution in [1.82, 2.24) is 4.98 Å². The second kappa shape index (κ2) is 5.73. The van der Waals surface area contributed by atoms with Gasteiger partial charge in [0, 0.05) is 0 Å². The fourth-order valence-electron chi connectivity index (χ4n) is 1.44. The van der Waals surface area contributed by atoms with E-state index in [2.05, 4.69) is 10.1 Å². The fourth-order valence-corrected chi connectivity index (χ4v) is 2.23. The van der Waals surface area contributed by atoms with Crippen LogP contribution in [0.1, 0.15) is 21.1 Å². The van der Waals surface area contributed by atoms with Crippen LogP contribution in [0.2, 0.25) is 0 Å². The molecule has 0 fully saturated rings. The first-order chi connectivity index (χ1) is 8.65. The van der Waals surface area contributed by atoms with Crippen molar-refractivity contribution in [2.45, 2.75) is 20.5 Å². The molecule has 0 bridgehead atoms. The summed E-state index contributed by atoms with van der Waals surface area (Å²) in [5, 5.41) is 4.89. The molecule has 3 nitrogen and oxygen atoms in total. The van der Waals surface area contributed by atoms with Crippen LogP contribution in [0.4, 0.5) is 4.39 Å². The quantitative estimate of drug-likeness (QED) is 0.626. The summed E-state index contributed by atoms with van der Waals surface area (Å²) in [4.78, 5) is 10.4. The van der Waals surface area contributed by atoms with E-state index in [-0.39, 0.29) is 5.82 Å². The number of hydrogen-bond acceptors (Lipinski definition) is 4. The van der Waals surface area contributed by atoms with Crippen LogP contribution < -0.4 is 0 Å². The average molecular weight is 264 g/mol. The normalized spacial score (nSPS) is 11.1. The predicted molar refractivity (Wildman–Crippen MR) is 70.4 cm³/mol. The molecule has 0 amide bonds. The largest absolute Gasteiger partial charge is 0.391 e. The lowest BCUT2D eigenvalue weighted by atomic mass is 10.2. The van der Waals surface area contributed by atoms with Gasteiger partial charge in [0.15, 0.2) is 0 Å². The van der Waals surface area contributed by atoms with E-state index in [4.69, 9.17) is 4.84 Å². The highest BCUT2D eigenvalue weighted by molar-refractivity contribution is 7.13. The highest BCUT2D eigenvalue weighted by Crippen LogP contribution is 2.14. The molecule has 0 N–H and O–H groups in total. The average Bonchev–Trinajstić information content (AvgIpc) is 2.66. The minimum Gasteiger partial charge on any atom is -0.391 e. The van der Waals surface area contributed by atoms with Gasteiger partial charge in [-0.05, 0) is 31.5 Å². The van der Waals surface area contributed by atoms with Gasteiger partial charge < -0.3 is 4.84 Å². The third-order valence-corrected chi connectivity index (χ3v) is 3.34. The number of nitrogens with zero attached hydrogens (tertiary/aromatic N) is 2. The van der Waals surface area contributed by atoms with Crippen molar-refractivity contribution in [3.8, 4) is 0 Å². The molecule has 0 spiro atoms. The lowest BCUT2D eigenvalue weighted by Gasteiger charge is -1.98. The number of benzene rings is 1. The van der Waals surface area contributed by atoms with Gasteiger partial charge in [0.1, 0.15) is 12.4 Å². The molecule has 94 valence electrons. The zero-order valence-corrected chi connectivity index (χ0v) is 11.0. The predicted octanol–water partition coefficient (Wildman–Crippen LogP) is 3.45. The maximum atomic E-state index is 12.7. The fraction of sp³-hybridized carbons (Fsp3) is 0.231. The Balaban J connectivity index is 1.88. The first-order valence-corrected chi connectivity index (χ1v) is 6.30. The molecule has 1 aromatic carbocycles. The smallest absolute Gasteiger partial charge is 0.142 e. The zero-order chi connectivity index (χ0) is 13.0. The third-order valence-electron chi connectivity index (χ3n) is 2.33. The van der Waals surface area contributed by atoms with E-state index in [0.717, 1.165) is 21.1 Å². The lowest BCUT2D eigenvalue weighted by Crippen LogP contribution is -1.88. The molecule has 0 radical (unpaired) electrons. The number of thiazole rings is 1. The van der Waals surface area contributed by atoms with Gasteiger partial charge in [-0.1, -0.05) is 17.3 Å². The number of hydrogen-bond donors (Lipinski definition) is 0.